The minimum Gasteiger partial charge on any atom is -0.383 e. The maximum atomic E-state index is 5.75. The van der Waals surface area contributed by atoms with Crippen LogP contribution in [0.5, 0.6) is 0 Å². The topological polar surface area (TPSA) is 92.5 Å². The predicted octanol–water partition coefficient (Wildman–Crippen LogP) is 0.168. The normalized spacial score (nSPS) is 11.5. The summed E-state index contributed by atoms with van der Waals surface area (Å²) in [6, 6.07) is 0. The van der Waals surface area contributed by atoms with Gasteiger partial charge in [-0.25, -0.2) is 9.97 Å². The lowest BCUT2D eigenvalue weighted by Gasteiger charge is -1.94. The van der Waals surface area contributed by atoms with E-state index in [4.69, 9.17) is 5.73 Å². The first-order valence-electron chi connectivity index (χ1n) is 4.58. The van der Waals surface area contributed by atoms with E-state index in [1.807, 2.05) is 19.2 Å². The Morgan fingerprint density at radius 2 is 2.40 bits per heavy atom. The number of H-pyrrole nitrogens is 1. The van der Waals surface area contributed by atoms with Gasteiger partial charge < -0.3 is 11.1 Å². The molecule has 0 spiro atoms. The standard InChI is InChI=1S/C9H12N6/c1-11-4-2-3-6-7-8(10)12-5-13-9(7)15-14-6/h2-3,5,11H,4H2,1H3,(H3,10,12,13,14,15). The Morgan fingerprint density at radius 3 is 3.20 bits per heavy atom. The van der Waals surface area contributed by atoms with Gasteiger partial charge in [-0.1, -0.05) is 6.08 Å². The molecule has 4 N–H and O–H groups in total. The Kier molecular flexibility index (Phi) is 2.59. The van der Waals surface area contributed by atoms with E-state index in [0.29, 0.717) is 11.5 Å². The van der Waals surface area contributed by atoms with Crippen LogP contribution >= 0.6 is 0 Å². The van der Waals surface area contributed by atoms with Gasteiger partial charge in [0.15, 0.2) is 5.65 Å². The molecule has 78 valence electrons. The molecule has 6 heteroatoms. The summed E-state index contributed by atoms with van der Waals surface area (Å²) >= 11 is 0. The van der Waals surface area contributed by atoms with Crippen LogP contribution in [0.1, 0.15) is 5.69 Å². The predicted molar refractivity (Wildman–Crippen MR) is 59.1 cm³/mol. The van der Waals surface area contributed by atoms with E-state index in [1.165, 1.54) is 6.33 Å². The van der Waals surface area contributed by atoms with Crippen molar-refractivity contribution in [3.63, 3.8) is 0 Å². The van der Waals surface area contributed by atoms with E-state index in [9.17, 15) is 0 Å². The molecule has 0 bridgehead atoms. The lowest BCUT2D eigenvalue weighted by atomic mass is 10.2. The molecule has 0 atom stereocenters. The highest BCUT2D eigenvalue weighted by atomic mass is 15.2. The van der Waals surface area contributed by atoms with Crippen LogP contribution in [0.15, 0.2) is 12.4 Å². The first kappa shape index (κ1) is 9.60. The lowest BCUT2D eigenvalue weighted by Crippen LogP contribution is -2.03. The highest BCUT2D eigenvalue weighted by Gasteiger charge is 2.07. The number of nitrogens with two attached hydrogens (primary N) is 1. The van der Waals surface area contributed by atoms with Gasteiger partial charge in [0.25, 0.3) is 0 Å². The smallest absolute Gasteiger partial charge is 0.186 e. The average Bonchev–Trinajstić information content (AvgIpc) is 2.63. The molecule has 0 aliphatic rings. The van der Waals surface area contributed by atoms with Crippen LogP contribution in [-0.2, 0) is 0 Å². The summed E-state index contributed by atoms with van der Waals surface area (Å²) in [5.41, 5.74) is 7.17. The van der Waals surface area contributed by atoms with Gasteiger partial charge in [-0.3, -0.25) is 5.10 Å². The Bertz CT molecular complexity index is 486. The summed E-state index contributed by atoms with van der Waals surface area (Å²) in [7, 11) is 1.88. The van der Waals surface area contributed by atoms with Crippen molar-refractivity contribution in [3.05, 3.63) is 18.1 Å². The monoisotopic (exact) mass is 204 g/mol. The molecule has 2 aromatic rings. The van der Waals surface area contributed by atoms with E-state index in [1.54, 1.807) is 0 Å². The summed E-state index contributed by atoms with van der Waals surface area (Å²) in [5, 5.41) is 10.7. The zero-order valence-electron chi connectivity index (χ0n) is 8.36. The number of fused-ring (bicyclic) bond motifs is 1. The zero-order chi connectivity index (χ0) is 10.7. The van der Waals surface area contributed by atoms with E-state index in [-0.39, 0.29) is 0 Å². The molecule has 0 fully saturated rings. The number of likely N-dealkylation sites (N-methyl/N-ethyl adjacent to an activating group) is 1. The van der Waals surface area contributed by atoms with Gasteiger partial charge in [-0.05, 0) is 13.1 Å². The number of hydrogen-bond donors (Lipinski definition) is 3. The Morgan fingerprint density at radius 1 is 1.53 bits per heavy atom. The van der Waals surface area contributed by atoms with Crippen molar-refractivity contribution in [2.24, 2.45) is 0 Å². The average molecular weight is 204 g/mol. The molecule has 2 aromatic heterocycles. The van der Waals surface area contributed by atoms with Crippen LogP contribution in [0.2, 0.25) is 0 Å². The second kappa shape index (κ2) is 4.05. The van der Waals surface area contributed by atoms with Crippen molar-refractivity contribution in [1.29, 1.82) is 0 Å². The van der Waals surface area contributed by atoms with Gasteiger partial charge in [-0.15, -0.1) is 0 Å². The van der Waals surface area contributed by atoms with Gasteiger partial charge in [-0.2, -0.15) is 5.10 Å². The van der Waals surface area contributed by atoms with Crippen molar-refractivity contribution in [2.75, 3.05) is 19.3 Å². The summed E-state index contributed by atoms with van der Waals surface area (Å²) in [6.07, 6.45) is 5.28. The quantitative estimate of drug-likeness (QED) is 0.662. The van der Waals surface area contributed by atoms with Crippen molar-refractivity contribution in [1.82, 2.24) is 25.5 Å². The van der Waals surface area contributed by atoms with Crippen LogP contribution in [0.3, 0.4) is 0 Å². The number of rotatable bonds is 3. The van der Waals surface area contributed by atoms with E-state index < -0.39 is 0 Å². The summed E-state index contributed by atoms with van der Waals surface area (Å²) in [6.45, 7) is 0.786. The number of hydrogen-bond acceptors (Lipinski definition) is 5. The molecule has 0 saturated heterocycles. The number of anilines is 1. The van der Waals surface area contributed by atoms with Crippen LogP contribution in [0, 0.1) is 0 Å². The van der Waals surface area contributed by atoms with Gasteiger partial charge in [0.1, 0.15) is 12.1 Å². The number of nitrogens with zero attached hydrogens (tertiary/aromatic N) is 3. The van der Waals surface area contributed by atoms with Gasteiger partial charge in [0.2, 0.25) is 0 Å². The van der Waals surface area contributed by atoms with Crippen molar-refractivity contribution in [3.8, 4) is 0 Å². The Labute approximate surface area is 86.6 Å². The van der Waals surface area contributed by atoms with Crippen LogP contribution in [0.4, 0.5) is 5.82 Å². The van der Waals surface area contributed by atoms with Crippen molar-refractivity contribution in [2.45, 2.75) is 0 Å². The fourth-order valence-corrected chi connectivity index (χ4v) is 1.32. The first-order valence-corrected chi connectivity index (χ1v) is 4.58. The molecule has 0 aliphatic heterocycles. The van der Waals surface area contributed by atoms with Gasteiger partial charge in [0.05, 0.1) is 11.1 Å². The molecule has 2 rings (SSSR count). The van der Waals surface area contributed by atoms with Gasteiger partial charge >= 0.3 is 0 Å². The van der Waals surface area contributed by atoms with E-state index in [2.05, 4.69) is 25.5 Å². The van der Waals surface area contributed by atoms with Crippen molar-refractivity contribution >= 4 is 22.9 Å². The summed E-state index contributed by atoms with van der Waals surface area (Å²) in [5.74, 6) is 0.442. The highest BCUT2D eigenvalue weighted by molar-refractivity contribution is 5.92. The van der Waals surface area contributed by atoms with Gasteiger partial charge in [0, 0.05) is 6.54 Å². The maximum absolute atomic E-state index is 5.75. The summed E-state index contributed by atoms with van der Waals surface area (Å²) < 4.78 is 0. The third kappa shape index (κ3) is 1.79. The fourth-order valence-electron chi connectivity index (χ4n) is 1.32. The van der Waals surface area contributed by atoms with Crippen molar-refractivity contribution < 1.29 is 0 Å². The van der Waals surface area contributed by atoms with E-state index in [0.717, 1.165) is 17.6 Å². The molecule has 0 saturated carbocycles. The molecule has 0 aromatic carbocycles. The molecule has 6 nitrogen and oxygen atoms in total. The van der Waals surface area contributed by atoms with Crippen LogP contribution in [0.25, 0.3) is 17.1 Å². The maximum Gasteiger partial charge on any atom is 0.186 e. The highest BCUT2D eigenvalue weighted by Crippen LogP contribution is 2.19. The molecule has 0 aliphatic carbocycles. The first-order chi connectivity index (χ1) is 7.33. The molecule has 2 heterocycles. The summed E-state index contributed by atoms with van der Waals surface area (Å²) in [4.78, 5) is 7.93. The molecular weight excluding hydrogens is 192 g/mol. The third-order valence-electron chi connectivity index (χ3n) is 2.01. The lowest BCUT2D eigenvalue weighted by molar-refractivity contribution is 0.922. The van der Waals surface area contributed by atoms with Crippen LogP contribution in [-0.4, -0.2) is 33.8 Å². The molecule has 0 amide bonds. The number of nitrogens with one attached hydrogen (secondary N) is 2. The second-order valence-corrected chi connectivity index (χ2v) is 3.05. The third-order valence-corrected chi connectivity index (χ3v) is 2.01. The SMILES string of the molecule is CNCC=Cc1[nH]nc2ncnc(N)c12. The largest absolute Gasteiger partial charge is 0.383 e. The fraction of sp³-hybridized carbons (Fsp3) is 0.222. The van der Waals surface area contributed by atoms with Crippen LogP contribution < -0.4 is 11.1 Å². The minimum absolute atomic E-state index is 0.442. The molecule has 15 heavy (non-hydrogen) atoms. The number of aromatic nitrogens is 4. The zero-order valence-corrected chi connectivity index (χ0v) is 8.36. The molecule has 0 radical (unpaired) electrons. The molecule has 0 unspecified atom stereocenters. The Balaban J connectivity index is 2.44. The second-order valence-electron chi connectivity index (χ2n) is 3.05. The van der Waals surface area contributed by atoms with E-state index >= 15 is 0 Å². The Hall–Kier alpha value is -1.95. The number of aromatic amines is 1. The molecular formula is C9H12N6. The minimum atomic E-state index is 0.442. The number of nitrogen functional groups attached to an aromatic ring is 1.